The van der Waals surface area contributed by atoms with Crippen molar-refractivity contribution in [3.05, 3.63) is 41.4 Å². The van der Waals surface area contributed by atoms with Gasteiger partial charge in [0.2, 0.25) is 0 Å². The second-order valence-corrected chi connectivity index (χ2v) is 3.00. The van der Waals surface area contributed by atoms with E-state index in [1.807, 2.05) is 0 Å². The van der Waals surface area contributed by atoms with E-state index in [1.165, 1.54) is 18.3 Å². The standard InChI is InChI=1S/C9H6ClFN2/c10-8-5-12-9(13-8)6-2-1-3-7(11)4-6/h1-5H,(H,12,13). The van der Waals surface area contributed by atoms with E-state index in [2.05, 4.69) is 9.97 Å². The van der Waals surface area contributed by atoms with Crippen molar-refractivity contribution >= 4 is 11.6 Å². The maximum Gasteiger partial charge on any atom is 0.138 e. The van der Waals surface area contributed by atoms with Crippen molar-refractivity contribution in [2.24, 2.45) is 0 Å². The number of aromatic amines is 1. The first kappa shape index (κ1) is 8.26. The minimum atomic E-state index is -0.287. The van der Waals surface area contributed by atoms with Gasteiger partial charge >= 0.3 is 0 Å². The number of hydrogen-bond acceptors (Lipinski definition) is 1. The largest absolute Gasteiger partial charge is 0.329 e. The van der Waals surface area contributed by atoms with Crippen LogP contribution in [0.5, 0.6) is 0 Å². The van der Waals surface area contributed by atoms with Crippen LogP contribution in [0.25, 0.3) is 11.4 Å². The van der Waals surface area contributed by atoms with E-state index in [4.69, 9.17) is 11.6 Å². The lowest BCUT2D eigenvalue weighted by Crippen LogP contribution is -1.81. The van der Waals surface area contributed by atoms with E-state index in [0.717, 1.165) is 0 Å². The summed E-state index contributed by atoms with van der Waals surface area (Å²) in [6, 6.07) is 6.17. The van der Waals surface area contributed by atoms with E-state index in [9.17, 15) is 4.39 Å². The minimum Gasteiger partial charge on any atom is -0.329 e. The van der Waals surface area contributed by atoms with Gasteiger partial charge in [0.15, 0.2) is 0 Å². The zero-order valence-corrected chi connectivity index (χ0v) is 7.35. The molecule has 4 heteroatoms. The second kappa shape index (κ2) is 3.18. The Kier molecular flexibility index (Phi) is 2.02. The number of benzene rings is 1. The molecular weight excluding hydrogens is 191 g/mol. The van der Waals surface area contributed by atoms with Crippen molar-refractivity contribution in [1.29, 1.82) is 0 Å². The second-order valence-electron chi connectivity index (χ2n) is 2.59. The Morgan fingerprint density at radius 1 is 1.38 bits per heavy atom. The molecule has 0 saturated carbocycles. The van der Waals surface area contributed by atoms with Crippen LogP contribution < -0.4 is 0 Å². The Labute approximate surface area is 79.4 Å². The lowest BCUT2D eigenvalue weighted by molar-refractivity contribution is 0.628. The molecule has 13 heavy (non-hydrogen) atoms. The maximum absolute atomic E-state index is 12.8. The van der Waals surface area contributed by atoms with Gasteiger partial charge in [-0.1, -0.05) is 23.7 Å². The summed E-state index contributed by atoms with van der Waals surface area (Å²) in [5.41, 5.74) is 0.687. The molecule has 0 aliphatic heterocycles. The van der Waals surface area contributed by atoms with Crippen LogP contribution in [-0.4, -0.2) is 9.97 Å². The highest BCUT2D eigenvalue weighted by Crippen LogP contribution is 2.17. The highest BCUT2D eigenvalue weighted by Gasteiger charge is 2.02. The van der Waals surface area contributed by atoms with Gasteiger partial charge in [0, 0.05) is 5.56 Å². The average molecular weight is 197 g/mol. The topological polar surface area (TPSA) is 28.7 Å². The van der Waals surface area contributed by atoms with Gasteiger partial charge in [0.05, 0.1) is 6.20 Å². The zero-order valence-electron chi connectivity index (χ0n) is 6.59. The minimum absolute atomic E-state index is 0.287. The summed E-state index contributed by atoms with van der Waals surface area (Å²) in [4.78, 5) is 6.78. The lowest BCUT2D eigenvalue weighted by atomic mass is 10.2. The molecule has 0 aliphatic rings. The van der Waals surface area contributed by atoms with Crippen LogP contribution in [0, 0.1) is 5.82 Å². The summed E-state index contributed by atoms with van der Waals surface area (Å²) in [6.45, 7) is 0. The molecule has 0 saturated heterocycles. The molecule has 0 spiro atoms. The highest BCUT2D eigenvalue weighted by atomic mass is 35.5. The molecule has 0 atom stereocenters. The molecule has 1 heterocycles. The van der Waals surface area contributed by atoms with Gasteiger partial charge in [-0.05, 0) is 12.1 Å². The number of nitrogens with one attached hydrogen (secondary N) is 1. The van der Waals surface area contributed by atoms with Crippen LogP contribution in [-0.2, 0) is 0 Å². The van der Waals surface area contributed by atoms with Gasteiger partial charge in [0.25, 0.3) is 0 Å². The highest BCUT2D eigenvalue weighted by molar-refractivity contribution is 6.29. The lowest BCUT2D eigenvalue weighted by Gasteiger charge is -1.95. The fraction of sp³-hybridized carbons (Fsp3) is 0. The predicted molar refractivity (Wildman–Crippen MR) is 49.0 cm³/mol. The van der Waals surface area contributed by atoms with E-state index in [1.54, 1.807) is 12.1 Å². The van der Waals surface area contributed by atoms with Crippen LogP contribution in [0.1, 0.15) is 0 Å². The number of nitrogens with zero attached hydrogens (tertiary/aromatic N) is 1. The molecule has 2 nitrogen and oxygen atoms in total. The van der Waals surface area contributed by atoms with Crippen molar-refractivity contribution in [3.8, 4) is 11.4 Å². The fourth-order valence-corrected chi connectivity index (χ4v) is 1.22. The molecule has 0 unspecified atom stereocenters. The molecule has 0 fully saturated rings. The Bertz CT molecular complexity index is 425. The predicted octanol–water partition coefficient (Wildman–Crippen LogP) is 2.87. The van der Waals surface area contributed by atoms with Gasteiger partial charge in [0.1, 0.15) is 16.8 Å². The first-order chi connectivity index (χ1) is 6.25. The smallest absolute Gasteiger partial charge is 0.138 e. The number of imidazole rings is 1. The van der Waals surface area contributed by atoms with Crippen LogP contribution in [0.3, 0.4) is 0 Å². The van der Waals surface area contributed by atoms with Crippen molar-refractivity contribution in [2.75, 3.05) is 0 Å². The van der Waals surface area contributed by atoms with Crippen molar-refractivity contribution in [2.45, 2.75) is 0 Å². The molecule has 1 aromatic carbocycles. The van der Waals surface area contributed by atoms with E-state index >= 15 is 0 Å². The number of halogens is 2. The van der Waals surface area contributed by atoms with Crippen molar-refractivity contribution < 1.29 is 4.39 Å². The number of H-pyrrole nitrogens is 1. The van der Waals surface area contributed by atoms with Crippen LogP contribution in [0.2, 0.25) is 5.15 Å². The summed E-state index contributed by atoms with van der Waals surface area (Å²) >= 11 is 5.64. The van der Waals surface area contributed by atoms with Gasteiger partial charge < -0.3 is 4.98 Å². The quantitative estimate of drug-likeness (QED) is 0.747. The molecule has 1 N–H and O–H groups in total. The SMILES string of the molecule is Fc1cccc(-c2ncc(Cl)[nH]2)c1. The molecule has 0 bridgehead atoms. The third kappa shape index (κ3) is 1.70. The molecule has 0 aliphatic carbocycles. The third-order valence-corrected chi connectivity index (χ3v) is 1.83. The van der Waals surface area contributed by atoms with Gasteiger partial charge in [-0.25, -0.2) is 9.37 Å². The van der Waals surface area contributed by atoms with Gasteiger partial charge in [-0.3, -0.25) is 0 Å². The van der Waals surface area contributed by atoms with Crippen LogP contribution in [0.15, 0.2) is 30.5 Å². The Morgan fingerprint density at radius 3 is 2.85 bits per heavy atom. The van der Waals surface area contributed by atoms with Gasteiger partial charge in [-0.15, -0.1) is 0 Å². The normalized spacial score (nSPS) is 10.3. The first-order valence-corrected chi connectivity index (χ1v) is 4.10. The summed E-state index contributed by atoms with van der Waals surface area (Å²) in [5, 5.41) is 0.444. The van der Waals surface area contributed by atoms with E-state index < -0.39 is 0 Å². The first-order valence-electron chi connectivity index (χ1n) is 3.72. The van der Waals surface area contributed by atoms with Crippen LogP contribution >= 0.6 is 11.6 Å². The number of aromatic nitrogens is 2. The Hall–Kier alpha value is -1.35. The molecule has 1 aromatic heterocycles. The molecule has 2 rings (SSSR count). The average Bonchev–Trinajstić information content (AvgIpc) is 2.52. The Balaban J connectivity index is 2.46. The molecular formula is C9H6ClFN2. The van der Waals surface area contributed by atoms with E-state index in [0.29, 0.717) is 16.5 Å². The monoisotopic (exact) mass is 196 g/mol. The summed E-state index contributed by atoms with van der Waals surface area (Å²) in [5.74, 6) is 0.287. The van der Waals surface area contributed by atoms with Crippen molar-refractivity contribution in [3.63, 3.8) is 0 Å². The third-order valence-electron chi connectivity index (χ3n) is 1.64. The van der Waals surface area contributed by atoms with Gasteiger partial charge in [-0.2, -0.15) is 0 Å². The zero-order chi connectivity index (χ0) is 9.26. The Morgan fingerprint density at radius 2 is 2.23 bits per heavy atom. The summed E-state index contributed by atoms with van der Waals surface area (Å²) < 4.78 is 12.8. The molecule has 2 aromatic rings. The maximum atomic E-state index is 12.8. The molecule has 0 radical (unpaired) electrons. The van der Waals surface area contributed by atoms with Crippen molar-refractivity contribution in [1.82, 2.24) is 9.97 Å². The summed E-state index contributed by atoms with van der Waals surface area (Å²) in [7, 11) is 0. The number of rotatable bonds is 1. The van der Waals surface area contributed by atoms with E-state index in [-0.39, 0.29) is 5.82 Å². The number of hydrogen-bond donors (Lipinski definition) is 1. The molecule has 66 valence electrons. The molecule has 0 amide bonds. The van der Waals surface area contributed by atoms with Crippen LogP contribution in [0.4, 0.5) is 4.39 Å². The fourth-order valence-electron chi connectivity index (χ4n) is 1.08. The summed E-state index contributed by atoms with van der Waals surface area (Å²) in [6.07, 6.45) is 1.49.